The molecule has 8 atom stereocenters. The number of rotatable bonds is 11. The molecule has 212 valence electrons. The number of carbonyl (C=O) groups excluding carboxylic acids is 1. The van der Waals surface area contributed by atoms with Gasteiger partial charge in [-0.15, -0.1) is 0 Å². The van der Waals surface area contributed by atoms with Crippen LogP contribution in [-0.2, 0) is 4.74 Å². The molecule has 4 aliphatic carbocycles. The molecule has 0 heterocycles. The van der Waals surface area contributed by atoms with Gasteiger partial charge in [0, 0.05) is 5.25 Å². The van der Waals surface area contributed by atoms with Crippen molar-refractivity contribution in [3.63, 3.8) is 0 Å². The van der Waals surface area contributed by atoms with E-state index in [1.54, 1.807) is 5.57 Å². The summed E-state index contributed by atoms with van der Waals surface area (Å²) in [4.78, 5) is 12.5. The number of hydrogen-bond acceptors (Lipinski definition) is 3. The molecule has 0 amide bonds. The number of unbranched alkanes of at least 4 members (excludes halogenated alkanes) is 3. The van der Waals surface area contributed by atoms with Crippen LogP contribution in [0.15, 0.2) is 11.6 Å². The lowest BCUT2D eigenvalue weighted by Gasteiger charge is -2.58. The van der Waals surface area contributed by atoms with Gasteiger partial charge in [0.2, 0.25) is 0 Å². The van der Waals surface area contributed by atoms with Gasteiger partial charge in [0.15, 0.2) is 0 Å². The number of hydrogen-bond donors (Lipinski definition) is 0. The smallest absolute Gasteiger partial charge is 0.367 e. The number of ether oxygens (including phenoxy) is 1. The third-order valence-corrected chi connectivity index (χ3v) is 12.8. The Morgan fingerprint density at radius 2 is 1.81 bits per heavy atom. The van der Waals surface area contributed by atoms with Gasteiger partial charge in [-0.25, -0.2) is 4.79 Å². The molecule has 0 aromatic carbocycles. The quantitative estimate of drug-likeness (QED) is 0.151. The van der Waals surface area contributed by atoms with Crippen LogP contribution >= 0.6 is 11.8 Å². The van der Waals surface area contributed by atoms with Gasteiger partial charge in [-0.2, -0.15) is 0 Å². The van der Waals surface area contributed by atoms with Gasteiger partial charge >= 0.3 is 5.30 Å². The molecule has 37 heavy (non-hydrogen) atoms. The molecule has 0 N–H and O–H groups in total. The van der Waals surface area contributed by atoms with Crippen molar-refractivity contribution < 1.29 is 9.53 Å². The van der Waals surface area contributed by atoms with Gasteiger partial charge in [-0.3, -0.25) is 0 Å². The zero-order chi connectivity index (χ0) is 26.6. The molecule has 0 aromatic heterocycles. The normalized spacial score (nSPS) is 37.9. The zero-order valence-electron chi connectivity index (χ0n) is 25.2. The van der Waals surface area contributed by atoms with E-state index in [1.807, 2.05) is 0 Å². The van der Waals surface area contributed by atoms with Crippen molar-refractivity contribution in [1.82, 2.24) is 0 Å². The van der Waals surface area contributed by atoms with Crippen LogP contribution in [-0.4, -0.2) is 17.2 Å². The molecular weight excluding hydrogens is 472 g/mol. The van der Waals surface area contributed by atoms with E-state index in [9.17, 15) is 4.79 Å². The highest BCUT2D eigenvalue weighted by Crippen LogP contribution is 2.67. The Morgan fingerprint density at radius 1 is 1.00 bits per heavy atom. The van der Waals surface area contributed by atoms with Gasteiger partial charge in [0.1, 0.15) is 0 Å². The topological polar surface area (TPSA) is 26.3 Å². The minimum Gasteiger partial charge on any atom is -0.458 e. The summed E-state index contributed by atoms with van der Waals surface area (Å²) in [6.07, 6.45) is 22.2. The Hall–Kier alpha value is -0.440. The van der Waals surface area contributed by atoms with E-state index in [2.05, 4.69) is 47.6 Å². The van der Waals surface area contributed by atoms with E-state index in [0.29, 0.717) is 22.7 Å². The third-order valence-electron chi connectivity index (χ3n) is 11.7. The van der Waals surface area contributed by atoms with Gasteiger partial charge in [0.25, 0.3) is 0 Å². The van der Waals surface area contributed by atoms with Gasteiger partial charge in [-0.05, 0) is 116 Å². The van der Waals surface area contributed by atoms with E-state index >= 15 is 0 Å². The predicted octanol–water partition coefficient (Wildman–Crippen LogP) is 10.8. The van der Waals surface area contributed by atoms with Crippen LogP contribution in [0.25, 0.3) is 0 Å². The zero-order valence-corrected chi connectivity index (χ0v) is 26.0. The van der Waals surface area contributed by atoms with Crippen molar-refractivity contribution in [3.8, 4) is 0 Å². The Morgan fingerprint density at radius 3 is 2.57 bits per heavy atom. The van der Waals surface area contributed by atoms with Gasteiger partial charge < -0.3 is 4.74 Å². The maximum atomic E-state index is 12.5. The maximum absolute atomic E-state index is 12.5. The molecule has 0 aliphatic heterocycles. The van der Waals surface area contributed by atoms with Gasteiger partial charge in [0.05, 0.1) is 6.61 Å². The van der Waals surface area contributed by atoms with E-state index in [-0.39, 0.29) is 5.30 Å². The fourth-order valence-electron chi connectivity index (χ4n) is 9.61. The molecule has 0 saturated heterocycles. The Labute approximate surface area is 233 Å². The predicted molar refractivity (Wildman–Crippen MR) is 160 cm³/mol. The summed E-state index contributed by atoms with van der Waals surface area (Å²) in [6.45, 7) is 15.4. The molecular formula is C34H58O2S. The molecule has 8 unspecified atom stereocenters. The molecule has 3 saturated carbocycles. The molecule has 0 aromatic rings. The SMILES string of the molecule is CCCCCCOC(=O)SC1CCC2(C)C(=CCC3C2CCC2(C)C(C(C)CCCC(C)C)CCC32)C1. The lowest BCUT2D eigenvalue weighted by Crippen LogP contribution is -2.50. The summed E-state index contributed by atoms with van der Waals surface area (Å²) < 4.78 is 5.57. The van der Waals surface area contributed by atoms with Crippen LogP contribution in [0.4, 0.5) is 4.79 Å². The molecule has 0 radical (unpaired) electrons. The highest BCUT2D eigenvalue weighted by atomic mass is 32.2. The summed E-state index contributed by atoms with van der Waals surface area (Å²) in [5.41, 5.74) is 2.62. The molecule has 3 fully saturated rings. The van der Waals surface area contributed by atoms with E-state index in [0.717, 1.165) is 48.3 Å². The molecule has 0 spiro atoms. The van der Waals surface area contributed by atoms with Crippen LogP contribution in [0, 0.1) is 46.3 Å². The second-order valence-corrected chi connectivity index (χ2v) is 15.7. The molecule has 3 heteroatoms. The number of fused-ring (bicyclic) bond motifs is 5. The number of thioether (sulfide) groups is 1. The number of carbonyl (C=O) groups is 1. The number of allylic oxidation sites excluding steroid dienone is 2. The summed E-state index contributed by atoms with van der Waals surface area (Å²) >= 11 is 1.49. The van der Waals surface area contributed by atoms with Crippen molar-refractivity contribution in [3.05, 3.63) is 11.6 Å². The molecule has 0 bridgehead atoms. The Kier molecular flexibility index (Phi) is 10.2. The van der Waals surface area contributed by atoms with Crippen LogP contribution < -0.4 is 0 Å². The molecule has 4 rings (SSSR count). The lowest BCUT2D eigenvalue weighted by atomic mass is 9.47. The van der Waals surface area contributed by atoms with Crippen LogP contribution in [0.5, 0.6) is 0 Å². The molecule has 4 aliphatic rings. The summed E-state index contributed by atoms with van der Waals surface area (Å²) in [5, 5.41) is 0.378. The van der Waals surface area contributed by atoms with E-state index in [4.69, 9.17) is 4.74 Å². The standard InChI is InChI=1S/C34H58O2S/c1-7-8-9-10-22-36-32(35)37-27-18-20-33(5)26(23-27)14-15-28-30-17-16-29(25(4)13-11-12-24(2)3)34(30,6)21-19-31(28)33/h14,24-25,27-31H,7-13,15-23H2,1-6H3. The second-order valence-electron chi connectivity index (χ2n) is 14.4. The van der Waals surface area contributed by atoms with Crippen molar-refractivity contribution in [1.29, 1.82) is 0 Å². The first-order chi connectivity index (χ1) is 17.7. The average Bonchev–Trinajstić information content (AvgIpc) is 3.21. The minimum absolute atomic E-state index is 0.0349. The largest absolute Gasteiger partial charge is 0.458 e. The summed E-state index contributed by atoms with van der Waals surface area (Å²) in [5.74, 6) is 5.33. The van der Waals surface area contributed by atoms with Crippen LogP contribution in [0.2, 0.25) is 0 Å². The monoisotopic (exact) mass is 530 g/mol. The highest BCUT2D eigenvalue weighted by molar-refractivity contribution is 8.13. The highest BCUT2D eigenvalue weighted by Gasteiger charge is 2.59. The van der Waals surface area contributed by atoms with Gasteiger partial charge in [-0.1, -0.05) is 91.7 Å². The Balaban J connectivity index is 1.34. The Bertz CT molecular complexity index is 789. The van der Waals surface area contributed by atoms with E-state index in [1.165, 1.54) is 95.2 Å². The lowest BCUT2D eigenvalue weighted by molar-refractivity contribution is -0.0497. The third kappa shape index (κ3) is 6.49. The maximum Gasteiger partial charge on any atom is 0.367 e. The fourth-order valence-corrected chi connectivity index (χ4v) is 10.5. The average molecular weight is 531 g/mol. The van der Waals surface area contributed by atoms with Crippen LogP contribution in [0.1, 0.15) is 138 Å². The first-order valence-electron chi connectivity index (χ1n) is 16.2. The summed E-state index contributed by atoms with van der Waals surface area (Å²) in [7, 11) is 0. The fraction of sp³-hybridized carbons (Fsp3) is 0.912. The van der Waals surface area contributed by atoms with Crippen molar-refractivity contribution in [2.24, 2.45) is 46.3 Å². The van der Waals surface area contributed by atoms with E-state index < -0.39 is 0 Å². The first kappa shape index (κ1) is 29.5. The minimum atomic E-state index is -0.0349. The van der Waals surface area contributed by atoms with Crippen molar-refractivity contribution in [2.45, 2.75) is 143 Å². The summed E-state index contributed by atoms with van der Waals surface area (Å²) in [6, 6.07) is 0. The van der Waals surface area contributed by atoms with Crippen molar-refractivity contribution in [2.75, 3.05) is 6.61 Å². The van der Waals surface area contributed by atoms with Crippen LogP contribution in [0.3, 0.4) is 0 Å². The first-order valence-corrected chi connectivity index (χ1v) is 17.1. The van der Waals surface area contributed by atoms with Crippen molar-refractivity contribution >= 4 is 17.1 Å². The molecule has 2 nitrogen and oxygen atoms in total. The second kappa shape index (κ2) is 12.8.